The maximum absolute atomic E-state index is 13.4. The van der Waals surface area contributed by atoms with Crippen LogP contribution < -0.4 is 25.8 Å². The third-order valence-corrected chi connectivity index (χ3v) is 8.08. The van der Waals surface area contributed by atoms with E-state index in [9.17, 15) is 9.59 Å². The summed E-state index contributed by atoms with van der Waals surface area (Å²) in [6.07, 6.45) is 3.48. The summed E-state index contributed by atoms with van der Waals surface area (Å²) in [5, 5.41) is 6.39. The maximum Gasteiger partial charge on any atom is 0.253 e. The zero-order valence-corrected chi connectivity index (χ0v) is 21.5. The number of ether oxygens (including phenoxy) is 1. The molecule has 1 aromatic heterocycles. The van der Waals surface area contributed by atoms with E-state index in [0.29, 0.717) is 17.0 Å². The quantitative estimate of drug-likeness (QED) is 0.495. The van der Waals surface area contributed by atoms with Crippen LogP contribution in [0, 0.1) is 13.8 Å². The van der Waals surface area contributed by atoms with Crippen molar-refractivity contribution in [2.24, 2.45) is 0 Å². The van der Waals surface area contributed by atoms with Gasteiger partial charge < -0.3 is 25.3 Å². The van der Waals surface area contributed by atoms with E-state index < -0.39 is 0 Å². The minimum absolute atomic E-state index is 0.154. The van der Waals surface area contributed by atoms with Gasteiger partial charge in [0.25, 0.3) is 11.5 Å². The number of carbonyl (C=O) groups is 1. The number of piperazine rings is 1. The number of carbonyl (C=O) groups excluding carboxylic acids is 1. The number of hydrogen-bond donors (Lipinski definition) is 3. The molecule has 0 radical (unpaired) electrons. The molecule has 2 aromatic carbocycles. The molecule has 7 heteroatoms. The van der Waals surface area contributed by atoms with Gasteiger partial charge in [-0.2, -0.15) is 0 Å². The number of nitrogens with zero attached hydrogens (tertiary/aromatic N) is 1. The van der Waals surface area contributed by atoms with Gasteiger partial charge in [-0.25, -0.2) is 0 Å². The number of hydrogen-bond acceptors (Lipinski definition) is 5. The first kappa shape index (κ1) is 23.8. The van der Waals surface area contributed by atoms with Crippen LogP contribution in [0.1, 0.15) is 57.9 Å². The lowest BCUT2D eigenvalue weighted by Crippen LogP contribution is -2.43. The van der Waals surface area contributed by atoms with Gasteiger partial charge in [0, 0.05) is 72.3 Å². The second-order valence-electron chi connectivity index (χ2n) is 10.5. The number of pyridine rings is 1. The molecule has 3 heterocycles. The molecular formula is C30H34N4O3. The summed E-state index contributed by atoms with van der Waals surface area (Å²) >= 11 is 0. The average molecular weight is 499 g/mol. The van der Waals surface area contributed by atoms with Gasteiger partial charge in [-0.15, -0.1) is 0 Å². The lowest BCUT2D eigenvalue weighted by Gasteiger charge is -2.29. The number of nitrogens with one attached hydrogen (secondary N) is 3. The number of aryl methyl sites for hydroxylation is 2. The Morgan fingerprint density at radius 1 is 1.08 bits per heavy atom. The van der Waals surface area contributed by atoms with Crippen molar-refractivity contribution in [1.82, 2.24) is 15.6 Å². The van der Waals surface area contributed by atoms with Crippen LogP contribution in [0.15, 0.2) is 47.3 Å². The predicted molar refractivity (Wildman–Crippen MR) is 146 cm³/mol. The third kappa shape index (κ3) is 4.53. The fourth-order valence-corrected chi connectivity index (χ4v) is 6.12. The summed E-state index contributed by atoms with van der Waals surface area (Å²) in [4.78, 5) is 31.0. The van der Waals surface area contributed by atoms with E-state index in [2.05, 4.69) is 44.8 Å². The highest BCUT2D eigenvalue weighted by Crippen LogP contribution is 2.51. The fraction of sp³-hybridized carbons (Fsp3) is 0.400. The molecule has 6 rings (SSSR count). The summed E-state index contributed by atoms with van der Waals surface area (Å²) in [5.41, 5.74) is 7.11. The van der Waals surface area contributed by atoms with Crippen molar-refractivity contribution in [3.05, 3.63) is 80.8 Å². The highest BCUT2D eigenvalue weighted by atomic mass is 16.5. The van der Waals surface area contributed by atoms with E-state index >= 15 is 0 Å². The highest BCUT2D eigenvalue weighted by Gasteiger charge is 2.40. The lowest BCUT2D eigenvalue weighted by molar-refractivity contribution is 0.0950. The molecule has 0 bridgehead atoms. The topological polar surface area (TPSA) is 86.5 Å². The van der Waals surface area contributed by atoms with Crippen LogP contribution in [0.3, 0.4) is 0 Å². The van der Waals surface area contributed by atoms with Gasteiger partial charge in [0.2, 0.25) is 0 Å². The Bertz CT molecular complexity index is 1390. The number of aromatic amines is 1. The molecule has 0 unspecified atom stereocenters. The molecule has 3 aromatic rings. The zero-order chi connectivity index (χ0) is 25.5. The first-order valence-electron chi connectivity index (χ1n) is 13.4. The minimum Gasteiger partial charge on any atom is -0.489 e. The highest BCUT2D eigenvalue weighted by molar-refractivity contribution is 5.97. The van der Waals surface area contributed by atoms with Crippen molar-refractivity contribution in [3.8, 4) is 16.9 Å². The Balaban J connectivity index is 1.31. The van der Waals surface area contributed by atoms with Crippen molar-refractivity contribution in [3.63, 3.8) is 0 Å². The van der Waals surface area contributed by atoms with Gasteiger partial charge in [0.15, 0.2) is 0 Å². The molecule has 1 saturated heterocycles. The van der Waals surface area contributed by atoms with Crippen LogP contribution in [0.4, 0.5) is 5.69 Å². The Labute approximate surface area is 217 Å². The van der Waals surface area contributed by atoms with Gasteiger partial charge in [-0.3, -0.25) is 9.59 Å². The van der Waals surface area contributed by atoms with Gasteiger partial charge in [-0.1, -0.05) is 12.1 Å². The molecule has 7 nitrogen and oxygen atoms in total. The number of rotatable bonds is 5. The summed E-state index contributed by atoms with van der Waals surface area (Å²) in [6.45, 7) is 7.94. The first-order chi connectivity index (χ1) is 18.0. The van der Waals surface area contributed by atoms with Crippen LogP contribution in [0.5, 0.6) is 5.75 Å². The van der Waals surface area contributed by atoms with Gasteiger partial charge in [0.1, 0.15) is 11.9 Å². The minimum atomic E-state index is -0.178. The SMILES string of the molecule is Cc1cc(C)c(CNC(=O)c2cc(-c3ccc(N4CCNCC4)cc3)c3c(c2)[C@@H]2CCC[C@@H]2O3)c(=O)[nH]1. The molecule has 37 heavy (non-hydrogen) atoms. The monoisotopic (exact) mass is 498 g/mol. The molecule has 0 spiro atoms. The first-order valence-corrected chi connectivity index (χ1v) is 13.4. The number of aromatic nitrogens is 1. The normalized spacial score (nSPS) is 20.3. The van der Waals surface area contributed by atoms with E-state index in [-0.39, 0.29) is 24.1 Å². The summed E-state index contributed by atoms with van der Waals surface area (Å²) in [5.74, 6) is 1.08. The van der Waals surface area contributed by atoms with Gasteiger partial charge >= 0.3 is 0 Å². The average Bonchev–Trinajstić information content (AvgIpc) is 3.50. The standard InChI is InChI=1S/C30H34N4O3/c1-18-14-19(2)33-30(36)26(18)17-32-29(35)21-15-24(28-25(16-21)23-4-3-5-27(23)37-28)20-6-8-22(9-7-20)34-12-10-31-11-13-34/h6-9,14-16,23,27,31H,3-5,10-13,17H2,1-2H3,(H,32,35)(H,33,36)/t23-,27-/m0/s1. The van der Waals surface area contributed by atoms with Crippen LogP contribution in [-0.4, -0.2) is 43.2 Å². The van der Waals surface area contributed by atoms with Crippen LogP contribution >= 0.6 is 0 Å². The molecule has 192 valence electrons. The molecular weight excluding hydrogens is 464 g/mol. The second kappa shape index (κ2) is 9.71. The van der Waals surface area contributed by atoms with E-state index in [1.54, 1.807) is 0 Å². The van der Waals surface area contributed by atoms with E-state index in [0.717, 1.165) is 79.1 Å². The third-order valence-electron chi connectivity index (χ3n) is 8.08. The molecule has 3 aliphatic rings. The van der Waals surface area contributed by atoms with Crippen LogP contribution in [0.25, 0.3) is 11.1 Å². The zero-order valence-electron chi connectivity index (χ0n) is 21.5. The Kier molecular flexibility index (Phi) is 6.24. The molecule has 2 atom stereocenters. The summed E-state index contributed by atoms with van der Waals surface area (Å²) < 4.78 is 6.47. The summed E-state index contributed by atoms with van der Waals surface area (Å²) in [7, 11) is 0. The summed E-state index contributed by atoms with van der Waals surface area (Å²) in [6, 6.07) is 14.5. The Hall–Kier alpha value is -3.58. The molecule has 1 aliphatic carbocycles. The number of anilines is 1. The second-order valence-corrected chi connectivity index (χ2v) is 10.5. The molecule has 3 N–H and O–H groups in total. The van der Waals surface area contributed by atoms with E-state index in [1.807, 2.05) is 32.0 Å². The fourth-order valence-electron chi connectivity index (χ4n) is 6.12. The van der Waals surface area contributed by atoms with Crippen molar-refractivity contribution >= 4 is 11.6 Å². The van der Waals surface area contributed by atoms with Crippen molar-refractivity contribution in [2.45, 2.75) is 51.7 Å². The van der Waals surface area contributed by atoms with Gasteiger partial charge in [0.05, 0.1) is 0 Å². The van der Waals surface area contributed by atoms with Crippen molar-refractivity contribution in [1.29, 1.82) is 0 Å². The van der Waals surface area contributed by atoms with Crippen molar-refractivity contribution < 1.29 is 9.53 Å². The molecule has 2 fully saturated rings. The number of amides is 1. The number of benzene rings is 2. The maximum atomic E-state index is 13.4. The smallest absolute Gasteiger partial charge is 0.253 e. The number of H-pyrrole nitrogens is 1. The van der Waals surface area contributed by atoms with E-state index in [1.165, 1.54) is 5.69 Å². The molecule has 2 aliphatic heterocycles. The lowest BCUT2D eigenvalue weighted by atomic mass is 9.91. The van der Waals surface area contributed by atoms with E-state index in [4.69, 9.17) is 4.74 Å². The Morgan fingerprint density at radius 2 is 1.86 bits per heavy atom. The van der Waals surface area contributed by atoms with Crippen molar-refractivity contribution in [2.75, 3.05) is 31.1 Å². The predicted octanol–water partition coefficient (Wildman–Crippen LogP) is 4.03. The number of fused-ring (bicyclic) bond motifs is 3. The van der Waals surface area contributed by atoms with Gasteiger partial charge in [-0.05, 0) is 74.6 Å². The van der Waals surface area contributed by atoms with Crippen LogP contribution in [0.2, 0.25) is 0 Å². The molecule has 1 saturated carbocycles. The molecule has 1 amide bonds. The van der Waals surface area contributed by atoms with Crippen LogP contribution in [-0.2, 0) is 6.54 Å². The Morgan fingerprint density at radius 3 is 2.62 bits per heavy atom. The largest absolute Gasteiger partial charge is 0.489 e.